The van der Waals surface area contributed by atoms with Gasteiger partial charge in [0.25, 0.3) is 5.91 Å². The van der Waals surface area contributed by atoms with Crippen LogP contribution in [0.1, 0.15) is 24.2 Å². The number of nitrogens with zero attached hydrogens (tertiary/aromatic N) is 3. The first kappa shape index (κ1) is 20.6. The van der Waals surface area contributed by atoms with Gasteiger partial charge >= 0.3 is 0 Å². The Hall–Kier alpha value is -3.13. The fourth-order valence-electron chi connectivity index (χ4n) is 2.75. The average molecular weight is 410 g/mol. The van der Waals surface area contributed by atoms with E-state index in [1.54, 1.807) is 29.2 Å². The molecule has 150 valence electrons. The molecule has 3 rings (SSSR count). The maximum absolute atomic E-state index is 12.3. The fraction of sp³-hybridized carbons (Fsp3) is 0.238. The second kappa shape index (κ2) is 9.88. The fourth-order valence-corrected chi connectivity index (χ4v) is 3.35. The molecule has 2 amide bonds. The van der Waals surface area contributed by atoms with E-state index < -0.39 is 0 Å². The van der Waals surface area contributed by atoms with Crippen LogP contribution in [-0.2, 0) is 4.79 Å². The van der Waals surface area contributed by atoms with Gasteiger partial charge in [-0.1, -0.05) is 42.1 Å². The highest BCUT2D eigenvalue weighted by Crippen LogP contribution is 2.19. The third-order valence-electron chi connectivity index (χ3n) is 4.31. The number of anilines is 1. The predicted octanol–water partition coefficient (Wildman–Crippen LogP) is 3.68. The van der Waals surface area contributed by atoms with Crippen molar-refractivity contribution in [2.45, 2.75) is 19.0 Å². The quantitative estimate of drug-likeness (QED) is 0.554. The van der Waals surface area contributed by atoms with Crippen molar-refractivity contribution in [2.75, 3.05) is 24.2 Å². The largest absolute Gasteiger partial charge is 0.339 e. The van der Waals surface area contributed by atoms with Gasteiger partial charge in [0, 0.05) is 29.9 Å². The smallest absolute Gasteiger partial charge is 0.253 e. The molecule has 0 bridgehead atoms. The molecule has 0 unspecified atom stereocenters. The number of aromatic amines is 1. The molecule has 0 aliphatic heterocycles. The van der Waals surface area contributed by atoms with Crippen molar-refractivity contribution < 1.29 is 9.59 Å². The van der Waals surface area contributed by atoms with Gasteiger partial charge in [0.1, 0.15) is 0 Å². The highest BCUT2D eigenvalue weighted by atomic mass is 32.2. The normalized spacial score (nSPS) is 10.6. The van der Waals surface area contributed by atoms with Crippen LogP contribution in [0.5, 0.6) is 0 Å². The zero-order chi connectivity index (χ0) is 20.6. The van der Waals surface area contributed by atoms with Crippen molar-refractivity contribution in [2.24, 2.45) is 0 Å². The third kappa shape index (κ3) is 5.45. The van der Waals surface area contributed by atoms with Gasteiger partial charge in [-0.3, -0.25) is 14.7 Å². The molecule has 29 heavy (non-hydrogen) atoms. The summed E-state index contributed by atoms with van der Waals surface area (Å²) in [6.45, 7) is 5.23. The van der Waals surface area contributed by atoms with Crippen molar-refractivity contribution >= 4 is 29.3 Å². The molecule has 0 fully saturated rings. The lowest BCUT2D eigenvalue weighted by molar-refractivity contribution is -0.113. The molecule has 7 nitrogen and oxygen atoms in total. The summed E-state index contributed by atoms with van der Waals surface area (Å²) >= 11 is 1.25. The molecule has 0 aliphatic rings. The summed E-state index contributed by atoms with van der Waals surface area (Å²) < 4.78 is 0. The van der Waals surface area contributed by atoms with E-state index in [9.17, 15) is 9.59 Å². The minimum Gasteiger partial charge on any atom is -0.339 e. The van der Waals surface area contributed by atoms with E-state index in [4.69, 9.17) is 0 Å². The second-order valence-corrected chi connectivity index (χ2v) is 7.17. The van der Waals surface area contributed by atoms with E-state index in [0.717, 1.165) is 5.56 Å². The van der Waals surface area contributed by atoms with Crippen LogP contribution in [0.2, 0.25) is 0 Å². The molecular weight excluding hydrogens is 386 g/mol. The van der Waals surface area contributed by atoms with Crippen LogP contribution in [0.4, 0.5) is 5.69 Å². The van der Waals surface area contributed by atoms with E-state index in [-0.39, 0.29) is 17.6 Å². The van der Waals surface area contributed by atoms with E-state index in [1.807, 2.05) is 44.2 Å². The Bertz CT molecular complexity index is 953. The van der Waals surface area contributed by atoms with Crippen molar-refractivity contribution in [1.82, 2.24) is 20.1 Å². The number of aromatic nitrogens is 3. The summed E-state index contributed by atoms with van der Waals surface area (Å²) in [7, 11) is 0. The molecule has 3 aromatic rings. The van der Waals surface area contributed by atoms with Crippen LogP contribution >= 0.6 is 11.8 Å². The van der Waals surface area contributed by atoms with E-state index in [2.05, 4.69) is 20.5 Å². The lowest BCUT2D eigenvalue weighted by Crippen LogP contribution is -2.30. The van der Waals surface area contributed by atoms with Crippen LogP contribution in [0.25, 0.3) is 11.4 Å². The second-order valence-electron chi connectivity index (χ2n) is 6.22. The monoisotopic (exact) mass is 409 g/mol. The van der Waals surface area contributed by atoms with E-state index >= 15 is 0 Å². The van der Waals surface area contributed by atoms with Crippen LogP contribution < -0.4 is 5.32 Å². The van der Waals surface area contributed by atoms with Gasteiger partial charge in [-0.2, -0.15) is 0 Å². The van der Waals surface area contributed by atoms with E-state index in [0.29, 0.717) is 35.3 Å². The lowest BCUT2D eigenvalue weighted by atomic mass is 10.2. The molecule has 1 aromatic heterocycles. The molecule has 0 saturated carbocycles. The Morgan fingerprint density at radius 3 is 2.38 bits per heavy atom. The zero-order valence-corrected chi connectivity index (χ0v) is 17.2. The molecular formula is C21H23N5O2S. The summed E-state index contributed by atoms with van der Waals surface area (Å²) in [5.74, 6) is 0.680. The summed E-state index contributed by atoms with van der Waals surface area (Å²) in [6.07, 6.45) is 0. The van der Waals surface area contributed by atoms with Crippen LogP contribution in [0, 0.1) is 0 Å². The summed E-state index contributed by atoms with van der Waals surface area (Å²) in [4.78, 5) is 30.7. The molecule has 0 saturated heterocycles. The van der Waals surface area contributed by atoms with Gasteiger partial charge in [0.05, 0.1) is 5.75 Å². The molecule has 0 radical (unpaired) electrons. The van der Waals surface area contributed by atoms with Crippen LogP contribution in [-0.4, -0.2) is 50.7 Å². The standard InChI is InChI=1S/C21H23N5O2S/c1-3-26(4-2)20(28)16-10-12-17(13-11-16)22-18(27)14-29-21-23-19(24-25-21)15-8-6-5-7-9-15/h5-13H,3-4,14H2,1-2H3,(H,22,27)(H,23,24,25). The number of carbonyl (C=O) groups excluding carboxylic acids is 2. The number of thioether (sulfide) groups is 1. The Morgan fingerprint density at radius 2 is 1.72 bits per heavy atom. The third-order valence-corrected chi connectivity index (χ3v) is 5.16. The Balaban J connectivity index is 1.52. The van der Waals surface area contributed by atoms with Gasteiger partial charge in [-0.25, -0.2) is 4.98 Å². The van der Waals surface area contributed by atoms with Crippen molar-refractivity contribution in [3.05, 3.63) is 60.2 Å². The van der Waals surface area contributed by atoms with Gasteiger partial charge in [-0.05, 0) is 38.1 Å². The number of rotatable bonds is 8. The Morgan fingerprint density at radius 1 is 1.03 bits per heavy atom. The maximum Gasteiger partial charge on any atom is 0.253 e. The van der Waals surface area contributed by atoms with Crippen LogP contribution in [0.3, 0.4) is 0 Å². The molecule has 2 aromatic carbocycles. The predicted molar refractivity (Wildman–Crippen MR) is 115 cm³/mol. The Labute approximate surface area is 173 Å². The number of amides is 2. The molecule has 0 spiro atoms. The first-order chi connectivity index (χ1) is 14.1. The SMILES string of the molecule is CCN(CC)C(=O)c1ccc(NC(=O)CSc2n[nH]c(-c3ccccc3)n2)cc1. The molecule has 0 atom stereocenters. The number of hydrogen-bond acceptors (Lipinski definition) is 5. The average Bonchev–Trinajstić information content (AvgIpc) is 3.23. The molecule has 8 heteroatoms. The Kier molecular flexibility index (Phi) is 7.02. The van der Waals surface area contributed by atoms with Gasteiger partial charge in [-0.15, -0.1) is 5.10 Å². The number of hydrogen-bond donors (Lipinski definition) is 2. The maximum atomic E-state index is 12.3. The lowest BCUT2D eigenvalue weighted by Gasteiger charge is -2.18. The highest BCUT2D eigenvalue weighted by molar-refractivity contribution is 7.99. The number of H-pyrrole nitrogens is 1. The minimum absolute atomic E-state index is 0.0118. The van der Waals surface area contributed by atoms with Crippen molar-refractivity contribution in [3.63, 3.8) is 0 Å². The highest BCUT2D eigenvalue weighted by Gasteiger charge is 2.13. The zero-order valence-electron chi connectivity index (χ0n) is 16.4. The summed E-state index contributed by atoms with van der Waals surface area (Å²) in [5, 5.41) is 10.4. The van der Waals surface area contributed by atoms with Gasteiger partial charge in [0.15, 0.2) is 5.82 Å². The van der Waals surface area contributed by atoms with Crippen molar-refractivity contribution in [3.8, 4) is 11.4 Å². The van der Waals surface area contributed by atoms with Crippen molar-refractivity contribution in [1.29, 1.82) is 0 Å². The number of nitrogens with one attached hydrogen (secondary N) is 2. The first-order valence-electron chi connectivity index (χ1n) is 9.40. The van der Waals surface area contributed by atoms with Gasteiger partial charge < -0.3 is 10.2 Å². The number of carbonyl (C=O) groups is 2. The van der Waals surface area contributed by atoms with Crippen LogP contribution in [0.15, 0.2) is 59.8 Å². The summed E-state index contributed by atoms with van der Waals surface area (Å²) in [6, 6.07) is 16.6. The minimum atomic E-state index is -0.163. The molecule has 1 heterocycles. The molecule has 2 N–H and O–H groups in total. The topological polar surface area (TPSA) is 91.0 Å². The van der Waals surface area contributed by atoms with E-state index in [1.165, 1.54) is 11.8 Å². The molecule has 0 aliphatic carbocycles. The van der Waals surface area contributed by atoms with Gasteiger partial charge in [0.2, 0.25) is 11.1 Å². The number of benzene rings is 2. The first-order valence-corrected chi connectivity index (χ1v) is 10.4. The summed E-state index contributed by atoms with van der Waals surface area (Å²) in [5.41, 5.74) is 2.19.